The standard InChI is InChI=1S/C15H8BrFN2S2/c16-8-3-4-9(10(17)6-8)15-13(11-2-1-5-20-11)14(19)12(7-18)21-15/h1-6H,19H2. The van der Waals surface area contributed by atoms with Gasteiger partial charge in [-0.15, -0.1) is 22.7 Å². The normalized spacial score (nSPS) is 10.5. The van der Waals surface area contributed by atoms with E-state index in [1.165, 1.54) is 28.7 Å². The Bertz CT molecular complexity index is 847. The Hall–Kier alpha value is -1.68. The average Bonchev–Trinajstić information content (AvgIpc) is 3.06. The maximum Gasteiger partial charge on any atom is 0.132 e. The number of rotatable bonds is 2. The summed E-state index contributed by atoms with van der Waals surface area (Å²) in [5, 5.41) is 11.1. The zero-order valence-corrected chi connectivity index (χ0v) is 13.8. The summed E-state index contributed by atoms with van der Waals surface area (Å²) in [5.41, 5.74) is 7.71. The molecule has 21 heavy (non-hydrogen) atoms. The molecule has 2 heterocycles. The van der Waals surface area contributed by atoms with Crippen molar-refractivity contribution in [1.29, 1.82) is 5.26 Å². The van der Waals surface area contributed by atoms with Crippen molar-refractivity contribution < 1.29 is 4.39 Å². The van der Waals surface area contributed by atoms with E-state index in [0.29, 0.717) is 25.5 Å². The van der Waals surface area contributed by atoms with E-state index in [1.807, 2.05) is 17.5 Å². The molecule has 2 aromatic heterocycles. The first-order valence-corrected chi connectivity index (χ1v) is 8.42. The molecule has 3 aromatic rings. The molecule has 0 radical (unpaired) electrons. The zero-order chi connectivity index (χ0) is 15.0. The van der Waals surface area contributed by atoms with Crippen LogP contribution < -0.4 is 5.73 Å². The maximum absolute atomic E-state index is 14.3. The molecule has 0 amide bonds. The third kappa shape index (κ3) is 2.48. The van der Waals surface area contributed by atoms with Gasteiger partial charge in [0.25, 0.3) is 0 Å². The Morgan fingerprint density at radius 1 is 1.29 bits per heavy atom. The topological polar surface area (TPSA) is 49.8 Å². The predicted molar refractivity (Wildman–Crippen MR) is 89.9 cm³/mol. The number of thiophene rings is 2. The van der Waals surface area contributed by atoms with E-state index in [2.05, 4.69) is 22.0 Å². The Labute approximate surface area is 137 Å². The van der Waals surface area contributed by atoms with Crippen LogP contribution >= 0.6 is 38.6 Å². The average molecular weight is 379 g/mol. The lowest BCUT2D eigenvalue weighted by Crippen LogP contribution is -1.89. The van der Waals surface area contributed by atoms with Crippen LogP contribution in [0, 0.1) is 17.1 Å². The van der Waals surface area contributed by atoms with Crippen LogP contribution in [0.2, 0.25) is 0 Å². The Morgan fingerprint density at radius 2 is 2.10 bits per heavy atom. The van der Waals surface area contributed by atoms with Crippen LogP contribution in [0.1, 0.15) is 4.88 Å². The SMILES string of the molecule is N#Cc1sc(-c2ccc(Br)cc2F)c(-c2cccs2)c1N. The number of nitrogen functional groups attached to an aromatic ring is 1. The number of hydrogen-bond acceptors (Lipinski definition) is 4. The number of benzene rings is 1. The number of anilines is 1. The van der Waals surface area contributed by atoms with Crippen LogP contribution in [0.3, 0.4) is 0 Å². The second-order valence-corrected chi connectivity index (χ2v) is 7.15. The van der Waals surface area contributed by atoms with Crippen molar-refractivity contribution in [1.82, 2.24) is 0 Å². The van der Waals surface area contributed by atoms with Gasteiger partial charge in [-0.3, -0.25) is 0 Å². The van der Waals surface area contributed by atoms with E-state index >= 15 is 0 Å². The van der Waals surface area contributed by atoms with Crippen LogP contribution in [0.25, 0.3) is 20.9 Å². The third-order valence-electron chi connectivity index (χ3n) is 2.99. The van der Waals surface area contributed by atoms with Crippen molar-refractivity contribution in [3.63, 3.8) is 0 Å². The molecule has 0 aliphatic rings. The van der Waals surface area contributed by atoms with Gasteiger partial charge in [0.1, 0.15) is 16.8 Å². The predicted octanol–water partition coefficient (Wildman–Crippen LogP) is 5.50. The summed E-state index contributed by atoms with van der Waals surface area (Å²) in [4.78, 5) is 2.04. The molecule has 0 aliphatic carbocycles. The molecule has 6 heteroatoms. The molecule has 1 aromatic carbocycles. The second kappa shape index (κ2) is 5.60. The molecule has 0 saturated heterocycles. The molecule has 3 rings (SSSR count). The van der Waals surface area contributed by atoms with Gasteiger partial charge in [0.2, 0.25) is 0 Å². The van der Waals surface area contributed by atoms with Gasteiger partial charge in [-0.2, -0.15) is 5.26 Å². The first-order valence-electron chi connectivity index (χ1n) is 5.93. The first-order chi connectivity index (χ1) is 10.1. The molecule has 0 aliphatic heterocycles. The highest BCUT2D eigenvalue weighted by molar-refractivity contribution is 9.10. The van der Waals surface area contributed by atoms with Crippen molar-refractivity contribution in [2.24, 2.45) is 0 Å². The van der Waals surface area contributed by atoms with Crippen LogP contribution in [-0.4, -0.2) is 0 Å². The van der Waals surface area contributed by atoms with Crippen LogP contribution in [0.15, 0.2) is 40.2 Å². The highest BCUT2D eigenvalue weighted by atomic mass is 79.9. The van der Waals surface area contributed by atoms with E-state index in [-0.39, 0.29) is 5.82 Å². The molecular weight excluding hydrogens is 371 g/mol. The van der Waals surface area contributed by atoms with Crippen LogP contribution in [0.5, 0.6) is 0 Å². The minimum absolute atomic E-state index is 0.340. The summed E-state index contributed by atoms with van der Waals surface area (Å²) in [6.07, 6.45) is 0. The highest BCUT2D eigenvalue weighted by Crippen LogP contribution is 2.46. The van der Waals surface area contributed by atoms with Gasteiger partial charge < -0.3 is 5.73 Å². The number of nitrogens with zero attached hydrogens (tertiary/aromatic N) is 1. The number of nitriles is 1. The number of nitrogens with two attached hydrogens (primary N) is 1. The van der Waals surface area contributed by atoms with E-state index in [4.69, 9.17) is 5.73 Å². The lowest BCUT2D eigenvalue weighted by Gasteiger charge is -2.05. The van der Waals surface area contributed by atoms with Crippen LogP contribution in [0.4, 0.5) is 10.1 Å². The minimum atomic E-state index is -0.340. The molecule has 0 saturated carbocycles. The Morgan fingerprint density at radius 3 is 2.71 bits per heavy atom. The fraction of sp³-hybridized carbons (Fsp3) is 0. The first kappa shape index (κ1) is 14.3. The van der Waals surface area contributed by atoms with Gasteiger partial charge in [0, 0.05) is 25.4 Å². The molecule has 2 nitrogen and oxygen atoms in total. The fourth-order valence-corrected chi connectivity index (χ4v) is 4.30. The summed E-state index contributed by atoms with van der Waals surface area (Å²) < 4.78 is 14.9. The summed E-state index contributed by atoms with van der Waals surface area (Å²) >= 11 is 5.99. The maximum atomic E-state index is 14.3. The van der Waals surface area contributed by atoms with Gasteiger partial charge in [-0.25, -0.2) is 4.39 Å². The summed E-state index contributed by atoms with van der Waals surface area (Å²) in [7, 11) is 0. The van der Waals surface area contributed by atoms with E-state index in [0.717, 1.165) is 10.4 Å². The second-order valence-electron chi connectivity index (χ2n) is 4.26. The monoisotopic (exact) mass is 378 g/mol. The van der Waals surface area contributed by atoms with Crippen molar-refractivity contribution in [2.45, 2.75) is 0 Å². The van der Waals surface area contributed by atoms with Crippen molar-refractivity contribution in [2.75, 3.05) is 5.73 Å². The van der Waals surface area contributed by atoms with Crippen LogP contribution in [-0.2, 0) is 0 Å². The van der Waals surface area contributed by atoms with Gasteiger partial charge in [0.15, 0.2) is 0 Å². The minimum Gasteiger partial charge on any atom is -0.396 e. The highest BCUT2D eigenvalue weighted by Gasteiger charge is 2.21. The molecule has 104 valence electrons. The number of hydrogen-bond donors (Lipinski definition) is 1. The van der Waals surface area contributed by atoms with Crippen molar-refractivity contribution >= 4 is 44.3 Å². The molecule has 0 bridgehead atoms. The van der Waals surface area contributed by atoms with E-state index in [1.54, 1.807) is 12.1 Å². The van der Waals surface area contributed by atoms with Gasteiger partial charge in [-0.05, 0) is 29.6 Å². The fourth-order valence-electron chi connectivity index (χ4n) is 2.06. The lowest BCUT2D eigenvalue weighted by molar-refractivity contribution is 0.631. The van der Waals surface area contributed by atoms with Gasteiger partial charge in [0.05, 0.1) is 5.69 Å². The van der Waals surface area contributed by atoms with Crippen molar-refractivity contribution in [3.05, 3.63) is 50.9 Å². The van der Waals surface area contributed by atoms with Gasteiger partial charge >= 0.3 is 0 Å². The zero-order valence-electron chi connectivity index (χ0n) is 10.6. The van der Waals surface area contributed by atoms with Crippen molar-refractivity contribution in [3.8, 4) is 27.0 Å². The van der Waals surface area contributed by atoms with E-state index < -0.39 is 0 Å². The smallest absolute Gasteiger partial charge is 0.132 e. The number of halogens is 2. The quantitative estimate of drug-likeness (QED) is 0.639. The molecular formula is C15H8BrFN2S2. The lowest BCUT2D eigenvalue weighted by atomic mass is 10.1. The molecule has 0 atom stereocenters. The Balaban J connectivity index is 2.30. The summed E-state index contributed by atoms with van der Waals surface area (Å²) in [6, 6.07) is 10.8. The Kier molecular flexibility index (Phi) is 3.81. The van der Waals surface area contributed by atoms with Gasteiger partial charge in [-0.1, -0.05) is 22.0 Å². The molecule has 0 unspecified atom stereocenters. The largest absolute Gasteiger partial charge is 0.396 e. The summed E-state index contributed by atoms with van der Waals surface area (Å²) in [5.74, 6) is -0.340. The third-order valence-corrected chi connectivity index (χ3v) is 5.51. The molecule has 0 spiro atoms. The summed E-state index contributed by atoms with van der Waals surface area (Å²) in [6.45, 7) is 0. The molecule has 2 N–H and O–H groups in total. The molecule has 0 fully saturated rings. The van der Waals surface area contributed by atoms with E-state index in [9.17, 15) is 9.65 Å².